The maximum Gasteiger partial charge on any atom is 0.178 e. The van der Waals surface area contributed by atoms with E-state index in [9.17, 15) is 0 Å². The topological polar surface area (TPSA) is 17.1 Å². The van der Waals surface area contributed by atoms with Gasteiger partial charge in [-0.25, -0.2) is 0 Å². The lowest BCUT2D eigenvalue weighted by Crippen LogP contribution is -2.66. The normalized spacial score (nSPS) is 13.5. The minimum Gasteiger partial charge on any atom is -0.290 e. The molecule has 7 rings (SSSR count). The average Bonchev–Trinajstić information content (AvgIpc) is 3.52. The van der Waals surface area contributed by atoms with E-state index in [2.05, 4.69) is 227 Å². The van der Waals surface area contributed by atoms with Crippen LogP contribution in [-0.4, -0.2) is 30.0 Å². The lowest BCUT2D eigenvalue weighted by molar-refractivity contribution is -0.111. The fraction of sp³-hybridized carbons (Fsp3) is 0.0784. The second-order valence-electron chi connectivity index (χ2n) is 14.5. The maximum absolute atomic E-state index is 16.9. The summed E-state index contributed by atoms with van der Waals surface area (Å²) in [6.07, 6.45) is 6.24. The van der Waals surface area contributed by atoms with Gasteiger partial charge in [-0.1, -0.05) is 200 Å². The van der Waals surface area contributed by atoms with Gasteiger partial charge in [-0.05, 0) is 77.3 Å². The molecule has 0 saturated carbocycles. The summed E-state index contributed by atoms with van der Waals surface area (Å²) in [5, 5.41) is 10.7. The molecule has 1 aliphatic carbocycles. The minimum atomic E-state index is -3.17. The summed E-state index contributed by atoms with van der Waals surface area (Å²) in [6, 6.07) is 67.6. The van der Waals surface area contributed by atoms with Gasteiger partial charge in [0.2, 0.25) is 0 Å². The van der Waals surface area contributed by atoms with E-state index in [0.29, 0.717) is 12.1 Å². The molecule has 6 aromatic rings. The first-order chi connectivity index (χ1) is 27.0. The average molecular weight is 761 g/mol. The Morgan fingerprint density at radius 2 is 0.582 bits per heavy atom. The van der Waals surface area contributed by atoms with Crippen molar-refractivity contribution in [2.45, 2.75) is 25.1 Å². The number of hydrogen-bond donors (Lipinski definition) is 0. The second-order valence-corrected chi connectivity index (χ2v) is 26.1. The van der Waals surface area contributed by atoms with E-state index >= 15 is 4.79 Å². The molecule has 0 aliphatic heterocycles. The standard InChI is InChI=1S/C51H48OSi3/c1-5-38-53(42-26-14-8-15-27-42,43-28-16-9-17-29-43)49-41(4)50(54(39-6-2,44-30-18-10-19-31-44)45-32-20-11-21-33-45)51(48(49)52)55(40-7-3,46-34-22-12-23-35-46)47-36-24-13-25-37-47/h5-37H,1-3,38-40H2,4H3. The molecule has 1 aliphatic rings. The van der Waals surface area contributed by atoms with Crippen molar-refractivity contribution in [2.75, 3.05) is 0 Å². The van der Waals surface area contributed by atoms with Crippen molar-refractivity contribution in [3.8, 4) is 0 Å². The Balaban J connectivity index is 1.75. The minimum absolute atomic E-state index is 0.197. The van der Waals surface area contributed by atoms with E-state index in [0.717, 1.165) is 22.0 Å². The Labute approximate surface area is 330 Å². The highest BCUT2D eigenvalue weighted by molar-refractivity contribution is 7.18. The number of carbonyl (C=O) groups is 1. The molecule has 1 nitrogen and oxygen atoms in total. The molecule has 0 radical (unpaired) electrons. The first-order valence-corrected chi connectivity index (χ1v) is 25.8. The molecule has 4 heteroatoms. The molecule has 0 N–H and O–H groups in total. The van der Waals surface area contributed by atoms with Crippen LogP contribution in [0.1, 0.15) is 6.92 Å². The zero-order valence-electron chi connectivity index (χ0n) is 31.7. The number of hydrogen-bond acceptors (Lipinski definition) is 1. The number of carbonyl (C=O) groups excluding carboxylic acids is 1. The van der Waals surface area contributed by atoms with E-state index in [1.807, 2.05) is 0 Å². The molecule has 0 bridgehead atoms. The molecule has 0 amide bonds. The lowest BCUT2D eigenvalue weighted by atomic mass is 10.3. The summed E-state index contributed by atoms with van der Waals surface area (Å²) < 4.78 is 0. The molecular formula is C51H48OSi3. The van der Waals surface area contributed by atoms with Gasteiger partial charge in [-0.3, -0.25) is 4.79 Å². The summed E-state index contributed by atoms with van der Waals surface area (Å²) in [6.45, 7) is 15.5. The molecule has 0 spiro atoms. The number of ketones is 1. The first kappa shape index (κ1) is 37.6. The zero-order valence-corrected chi connectivity index (χ0v) is 34.7. The molecule has 6 aromatic carbocycles. The highest BCUT2D eigenvalue weighted by Crippen LogP contribution is 2.45. The molecule has 0 heterocycles. The summed E-state index contributed by atoms with van der Waals surface area (Å²) in [5.41, 5.74) is 1.13. The van der Waals surface area contributed by atoms with Gasteiger partial charge in [-0.15, -0.1) is 19.7 Å². The van der Waals surface area contributed by atoms with Crippen molar-refractivity contribution < 1.29 is 4.79 Å². The zero-order chi connectivity index (χ0) is 38.3. The van der Waals surface area contributed by atoms with Gasteiger partial charge in [0.25, 0.3) is 0 Å². The Hall–Kier alpha value is -5.66. The third kappa shape index (κ3) is 6.30. The van der Waals surface area contributed by atoms with Gasteiger partial charge in [-0.2, -0.15) is 0 Å². The van der Waals surface area contributed by atoms with Crippen molar-refractivity contribution in [3.05, 3.63) is 241 Å². The molecule has 55 heavy (non-hydrogen) atoms. The highest BCUT2D eigenvalue weighted by atomic mass is 28.3. The van der Waals surface area contributed by atoms with E-state index in [-0.39, 0.29) is 5.78 Å². The van der Waals surface area contributed by atoms with Gasteiger partial charge in [0.05, 0.1) is 0 Å². The SMILES string of the molecule is C=CC[Si](C1=C(C)C([Si](CC=C)(c2ccccc2)c2ccccc2)=C([Si](CC=C)(c2ccccc2)c2ccccc2)C1=O)(c1ccccc1)c1ccccc1. The Morgan fingerprint density at radius 1 is 0.364 bits per heavy atom. The van der Waals surface area contributed by atoms with Crippen LogP contribution >= 0.6 is 0 Å². The molecule has 0 fully saturated rings. The summed E-state index contributed by atoms with van der Waals surface area (Å²) in [7, 11) is -9.29. The van der Waals surface area contributed by atoms with Crippen LogP contribution in [0.5, 0.6) is 0 Å². The van der Waals surface area contributed by atoms with Crippen LogP contribution in [0.25, 0.3) is 0 Å². The van der Waals surface area contributed by atoms with Crippen molar-refractivity contribution >= 4 is 61.1 Å². The van der Waals surface area contributed by atoms with Crippen LogP contribution in [0.3, 0.4) is 0 Å². The predicted octanol–water partition coefficient (Wildman–Crippen LogP) is 8.15. The molecule has 0 saturated heterocycles. The van der Waals surface area contributed by atoms with Crippen molar-refractivity contribution in [2.24, 2.45) is 0 Å². The smallest absolute Gasteiger partial charge is 0.178 e. The monoisotopic (exact) mass is 760 g/mol. The number of Topliss-reactive ketones (excluding diaryl/α,β-unsaturated/α-hetero) is 1. The van der Waals surface area contributed by atoms with Gasteiger partial charge in [0.15, 0.2) is 30.0 Å². The van der Waals surface area contributed by atoms with Crippen LogP contribution in [-0.2, 0) is 4.79 Å². The van der Waals surface area contributed by atoms with Crippen molar-refractivity contribution in [3.63, 3.8) is 0 Å². The molecule has 0 atom stereocenters. The number of rotatable bonds is 15. The van der Waals surface area contributed by atoms with E-state index in [1.54, 1.807) is 0 Å². The Morgan fingerprint density at radius 3 is 0.818 bits per heavy atom. The highest BCUT2D eigenvalue weighted by Gasteiger charge is 2.58. The molecule has 270 valence electrons. The van der Waals surface area contributed by atoms with Crippen LogP contribution in [0.4, 0.5) is 0 Å². The second kappa shape index (κ2) is 16.4. The predicted molar refractivity (Wildman–Crippen MR) is 243 cm³/mol. The Kier molecular flexibility index (Phi) is 11.2. The third-order valence-corrected chi connectivity index (χ3v) is 26.8. The van der Waals surface area contributed by atoms with Crippen LogP contribution in [0, 0.1) is 0 Å². The third-order valence-electron chi connectivity index (χ3n) is 11.7. The molecule has 0 aromatic heterocycles. The van der Waals surface area contributed by atoms with Gasteiger partial charge in [0.1, 0.15) is 0 Å². The largest absolute Gasteiger partial charge is 0.290 e. The van der Waals surface area contributed by atoms with E-state index in [1.165, 1.54) is 36.3 Å². The van der Waals surface area contributed by atoms with Crippen LogP contribution in [0.2, 0.25) is 18.1 Å². The number of benzene rings is 6. The lowest BCUT2D eigenvalue weighted by Gasteiger charge is -2.40. The quantitative estimate of drug-likeness (QED) is 0.0764. The van der Waals surface area contributed by atoms with Gasteiger partial charge < -0.3 is 0 Å². The molecular weight excluding hydrogens is 713 g/mol. The van der Waals surface area contributed by atoms with Crippen molar-refractivity contribution in [1.82, 2.24) is 0 Å². The Bertz CT molecular complexity index is 2230. The summed E-state index contributed by atoms with van der Waals surface area (Å²) >= 11 is 0. The fourth-order valence-corrected chi connectivity index (χ4v) is 25.4. The van der Waals surface area contributed by atoms with E-state index < -0.39 is 24.2 Å². The van der Waals surface area contributed by atoms with Gasteiger partial charge in [0, 0.05) is 0 Å². The fourth-order valence-electron chi connectivity index (χ4n) is 9.54. The van der Waals surface area contributed by atoms with Crippen LogP contribution < -0.4 is 31.1 Å². The summed E-state index contributed by atoms with van der Waals surface area (Å²) in [5.74, 6) is 0.197. The first-order valence-electron chi connectivity index (χ1n) is 19.2. The van der Waals surface area contributed by atoms with Crippen LogP contribution in [0.15, 0.2) is 241 Å². The summed E-state index contributed by atoms with van der Waals surface area (Å²) in [4.78, 5) is 16.9. The van der Waals surface area contributed by atoms with Crippen molar-refractivity contribution in [1.29, 1.82) is 0 Å². The van der Waals surface area contributed by atoms with E-state index in [4.69, 9.17) is 0 Å². The molecule has 0 unspecified atom stereocenters. The van der Waals surface area contributed by atoms with Gasteiger partial charge >= 0.3 is 0 Å². The maximum atomic E-state index is 16.9. The number of allylic oxidation sites excluding steroid dienone is 7.